The molecule has 1 aliphatic heterocycles. The number of urea groups is 1. The molecule has 6 nitrogen and oxygen atoms in total. The minimum absolute atomic E-state index is 0.148. The number of carbonyl (C=O) groups is 2. The van der Waals surface area contributed by atoms with Gasteiger partial charge in [-0.1, -0.05) is 12.8 Å². The van der Waals surface area contributed by atoms with E-state index in [1.54, 1.807) is 4.90 Å². The fourth-order valence-electron chi connectivity index (χ4n) is 2.34. The minimum atomic E-state index is -0.929. The van der Waals surface area contributed by atoms with Gasteiger partial charge in [0.15, 0.2) is 0 Å². The van der Waals surface area contributed by atoms with Crippen LogP contribution in [0.1, 0.15) is 20.3 Å². The first kappa shape index (κ1) is 16.3. The molecule has 2 amide bonds. The van der Waals surface area contributed by atoms with Gasteiger partial charge in [0.1, 0.15) is 5.92 Å². The van der Waals surface area contributed by atoms with Gasteiger partial charge in [0.2, 0.25) is 0 Å². The predicted octanol–water partition coefficient (Wildman–Crippen LogP) is 0.873. The Morgan fingerprint density at radius 2 is 2.10 bits per heavy atom. The first-order chi connectivity index (χ1) is 9.56. The molecule has 1 heterocycles. The second-order valence-electron chi connectivity index (χ2n) is 4.74. The van der Waals surface area contributed by atoms with E-state index in [0.717, 1.165) is 6.42 Å². The molecule has 0 bridgehead atoms. The molecule has 0 saturated carbocycles. The Bertz CT molecular complexity index is 391. The lowest BCUT2D eigenvalue weighted by Gasteiger charge is -2.34. The largest absolute Gasteiger partial charge is 0.481 e. The van der Waals surface area contributed by atoms with Crippen molar-refractivity contribution in [3.8, 4) is 12.3 Å². The molecule has 2 atom stereocenters. The topological polar surface area (TPSA) is 70.1 Å². The molecule has 0 aromatic heterocycles. The van der Waals surface area contributed by atoms with Crippen molar-refractivity contribution < 1.29 is 19.4 Å². The Hall–Kier alpha value is -1.74. The summed E-state index contributed by atoms with van der Waals surface area (Å²) in [7, 11) is 0. The number of hydrogen-bond acceptors (Lipinski definition) is 3. The summed E-state index contributed by atoms with van der Waals surface area (Å²) in [5.74, 6) is 0.852. The van der Waals surface area contributed by atoms with Gasteiger partial charge in [0.25, 0.3) is 0 Å². The Balaban J connectivity index is 2.89. The highest BCUT2D eigenvalue weighted by Gasteiger charge is 2.40. The maximum Gasteiger partial charge on any atom is 0.321 e. The van der Waals surface area contributed by atoms with Crippen molar-refractivity contribution in [2.24, 2.45) is 5.92 Å². The quantitative estimate of drug-likeness (QED) is 0.734. The maximum atomic E-state index is 12.5. The van der Waals surface area contributed by atoms with Gasteiger partial charge in [-0.05, 0) is 13.3 Å². The van der Waals surface area contributed by atoms with Crippen LogP contribution < -0.4 is 0 Å². The van der Waals surface area contributed by atoms with Crippen LogP contribution in [0, 0.1) is 18.3 Å². The number of aliphatic carboxylic acids is 1. The third-order valence-electron chi connectivity index (χ3n) is 3.41. The molecule has 6 heteroatoms. The Labute approximate surface area is 119 Å². The van der Waals surface area contributed by atoms with Crippen LogP contribution in [0.15, 0.2) is 0 Å². The SMILES string of the molecule is C#CCN(CC)C(=O)N(CCC)C1COCC1C(=O)O. The summed E-state index contributed by atoms with van der Waals surface area (Å²) in [5, 5.41) is 9.22. The Kier molecular flexibility index (Phi) is 6.32. The number of carbonyl (C=O) groups excluding carboxylic acids is 1. The zero-order valence-electron chi connectivity index (χ0n) is 12.0. The summed E-state index contributed by atoms with van der Waals surface area (Å²) in [6.45, 7) is 5.42. The van der Waals surface area contributed by atoms with Gasteiger partial charge in [-0.3, -0.25) is 4.79 Å². The number of ether oxygens (including phenoxy) is 1. The van der Waals surface area contributed by atoms with Crippen LogP contribution in [0.25, 0.3) is 0 Å². The minimum Gasteiger partial charge on any atom is -0.481 e. The van der Waals surface area contributed by atoms with Crippen molar-refractivity contribution in [3.63, 3.8) is 0 Å². The number of nitrogens with zero attached hydrogens (tertiary/aromatic N) is 2. The van der Waals surface area contributed by atoms with E-state index in [1.165, 1.54) is 4.90 Å². The normalized spacial score (nSPS) is 21.2. The second-order valence-corrected chi connectivity index (χ2v) is 4.74. The lowest BCUT2D eigenvalue weighted by Crippen LogP contribution is -2.52. The van der Waals surface area contributed by atoms with Gasteiger partial charge in [-0.15, -0.1) is 6.42 Å². The molecule has 1 aliphatic rings. The zero-order valence-corrected chi connectivity index (χ0v) is 12.0. The van der Waals surface area contributed by atoms with Crippen molar-refractivity contribution in [1.82, 2.24) is 9.80 Å². The molecule has 2 unspecified atom stereocenters. The molecule has 0 spiro atoms. The fraction of sp³-hybridized carbons (Fsp3) is 0.714. The van der Waals surface area contributed by atoms with Crippen LogP contribution >= 0.6 is 0 Å². The van der Waals surface area contributed by atoms with Gasteiger partial charge in [0, 0.05) is 13.1 Å². The van der Waals surface area contributed by atoms with Gasteiger partial charge >= 0.3 is 12.0 Å². The summed E-state index contributed by atoms with van der Waals surface area (Å²) in [6.07, 6.45) is 6.02. The van der Waals surface area contributed by atoms with E-state index in [2.05, 4.69) is 5.92 Å². The van der Waals surface area contributed by atoms with Crippen LogP contribution in [0.4, 0.5) is 4.79 Å². The van der Waals surface area contributed by atoms with Crippen molar-refractivity contribution in [2.75, 3.05) is 32.8 Å². The lowest BCUT2D eigenvalue weighted by molar-refractivity contribution is -0.142. The average molecular weight is 282 g/mol. The van der Waals surface area contributed by atoms with Crippen LogP contribution in [-0.2, 0) is 9.53 Å². The Morgan fingerprint density at radius 1 is 1.40 bits per heavy atom. The molecule has 0 radical (unpaired) electrons. The maximum absolute atomic E-state index is 12.5. The first-order valence-corrected chi connectivity index (χ1v) is 6.86. The van der Waals surface area contributed by atoms with E-state index in [-0.39, 0.29) is 25.8 Å². The molecular formula is C14H22N2O4. The average Bonchev–Trinajstić information content (AvgIpc) is 2.90. The number of rotatable bonds is 6. The zero-order chi connectivity index (χ0) is 15.1. The molecule has 1 saturated heterocycles. The van der Waals surface area contributed by atoms with Gasteiger partial charge < -0.3 is 19.6 Å². The van der Waals surface area contributed by atoms with Gasteiger partial charge in [-0.2, -0.15) is 0 Å². The number of carboxylic acids is 1. The monoisotopic (exact) mass is 282 g/mol. The molecule has 0 aromatic carbocycles. The summed E-state index contributed by atoms with van der Waals surface area (Å²) in [5.41, 5.74) is 0. The van der Waals surface area contributed by atoms with Crippen LogP contribution in [0.5, 0.6) is 0 Å². The van der Waals surface area contributed by atoms with Crippen LogP contribution in [0.3, 0.4) is 0 Å². The molecule has 112 valence electrons. The molecule has 1 rings (SSSR count). The fourth-order valence-corrected chi connectivity index (χ4v) is 2.34. The highest BCUT2D eigenvalue weighted by Crippen LogP contribution is 2.21. The van der Waals surface area contributed by atoms with Crippen molar-refractivity contribution >= 4 is 12.0 Å². The van der Waals surface area contributed by atoms with E-state index in [4.69, 9.17) is 11.2 Å². The Morgan fingerprint density at radius 3 is 2.60 bits per heavy atom. The summed E-state index contributed by atoms with van der Waals surface area (Å²) in [4.78, 5) is 26.9. The smallest absolute Gasteiger partial charge is 0.321 e. The van der Waals surface area contributed by atoms with Crippen LogP contribution in [0.2, 0.25) is 0 Å². The molecule has 0 aromatic rings. The third-order valence-corrected chi connectivity index (χ3v) is 3.41. The van der Waals surface area contributed by atoms with E-state index < -0.39 is 17.9 Å². The summed E-state index contributed by atoms with van der Waals surface area (Å²) in [6, 6.07) is -0.638. The molecule has 1 fully saturated rings. The molecule has 0 aliphatic carbocycles. The van der Waals surface area contributed by atoms with E-state index in [1.807, 2.05) is 13.8 Å². The van der Waals surface area contributed by atoms with E-state index >= 15 is 0 Å². The van der Waals surface area contributed by atoms with Crippen LogP contribution in [-0.4, -0.2) is 65.8 Å². The standard InChI is InChI=1S/C14H22N2O4/c1-4-7-15(6-3)14(19)16(8-5-2)12-10-20-9-11(12)13(17)18/h1,11-12H,5-10H2,2-3H3,(H,17,18). The molecule has 1 N–H and O–H groups in total. The van der Waals surface area contributed by atoms with Gasteiger partial charge in [-0.25, -0.2) is 4.79 Å². The highest BCUT2D eigenvalue weighted by molar-refractivity contribution is 5.77. The summed E-state index contributed by atoms with van der Waals surface area (Å²) >= 11 is 0. The molecular weight excluding hydrogens is 260 g/mol. The van der Waals surface area contributed by atoms with Crippen molar-refractivity contribution in [2.45, 2.75) is 26.3 Å². The second kappa shape index (κ2) is 7.75. The van der Waals surface area contributed by atoms with Gasteiger partial charge in [0.05, 0.1) is 25.8 Å². The first-order valence-electron chi connectivity index (χ1n) is 6.86. The van der Waals surface area contributed by atoms with E-state index in [9.17, 15) is 14.7 Å². The number of amides is 2. The van der Waals surface area contributed by atoms with E-state index in [0.29, 0.717) is 13.1 Å². The number of carboxylic acid groups (broad SMARTS) is 1. The molecule has 20 heavy (non-hydrogen) atoms. The van der Waals surface area contributed by atoms with Crippen molar-refractivity contribution in [3.05, 3.63) is 0 Å². The highest BCUT2D eigenvalue weighted by atomic mass is 16.5. The number of hydrogen-bond donors (Lipinski definition) is 1. The third kappa shape index (κ3) is 3.64. The lowest BCUT2D eigenvalue weighted by atomic mass is 10.0. The predicted molar refractivity (Wildman–Crippen MR) is 74.2 cm³/mol. The number of terminal acetylenes is 1. The van der Waals surface area contributed by atoms with Crippen molar-refractivity contribution in [1.29, 1.82) is 0 Å². The summed E-state index contributed by atoms with van der Waals surface area (Å²) < 4.78 is 5.25.